The fourth-order valence-electron chi connectivity index (χ4n) is 1.22. The van der Waals surface area contributed by atoms with Crippen LogP contribution in [0.5, 0.6) is 0 Å². The predicted octanol–water partition coefficient (Wildman–Crippen LogP) is 0.890. The highest BCUT2D eigenvalue weighted by Crippen LogP contribution is 2.06. The van der Waals surface area contributed by atoms with Crippen LogP contribution in [-0.4, -0.2) is 37.7 Å². The van der Waals surface area contributed by atoms with Gasteiger partial charge in [0.25, 0.3) is 5.91 Å². The molecule has 5 heteroatoms. The third-order valence-corrected chi connectivity index (χ3v) is 1.97. The topological polar surface area (TPSA) is 63.2 Å². The van der Waals surface area contributed by atoms with Crippen molar-refractivity contribution in [1.29, 1.82) is 0 Å². The first-order valence-corrected chi connectivity index (χ1v) is 5.25. The molecule has 0 bridgehead atoms. The number of hydrogen-bond acceptors (Lipinski definition) is 4. The van der Waals surface area contributed by atoms with E-state index in [1.807, 2.05) is 6.92 Å². The lowest BCUT2D eigenvalue weighted by Gasteiger charge is -2.06. The maximum Gasteiger partial charge on any atom is 0.251 e. The number of nitrogens with zero attached hydrogens (tertiary/aromatic N) is 1. The number of amides is 1. The summed E-state index contributed by atoms with van der Waals surface area (Å²) in [5.41, 5.74) is 0.599. The van der Waals surface area contributed by atoms with Gasteiger partial charge in [-0.25, -0.2) is 4.98 Å². The summed E-state index contributed by atoms with van der Waals surface area (Å²) < 4.78 is 4.85. The monoisotopic (exact) mass is 223 g/mol. The molecule has 1 rings (SSSR count). The maximum atomic E-state index is 11.7. The van der Waals surface area contributed by atoms with E-state index in [0.29, 0.717) is 24.5 Å². The summed E-state index contributed by atoms with van der Waals surface area (Å²) in [4.78, 5) is 15.7. The SMILES string of the molecule is CCNc1cc(C(=O)NCCOC)ccn1. The molecular formula is C11H17N3O2. The van der Waals surface area contributed by atoms with Crippen molar-refractivity contribution < 1.29 is 9.53 Å². The molecule has 2 N–H and O–H groups in total. The fraction of sp³-hybridized carbons (Fsp3) is 0.455. The van der Waals surface area contributed by atoms with Crippen LogP contribution in [0.15, 0.2) is 18.3 Å². The quantitative estimate of drug-likeness (QED) is 0.703. The van der Waals surface area contributed by atoms with Crippen molar-refractivity contribution in [3.05, 3.63) is 23.9 Å². The number of hydrogen-bond donors (Lipinski definition) is 2. The van der Waals surface area contributed by atoms with Crippen molar-refractivity contribution in [1.82, 2.24) is 10.3 Å². The molecule has 0 radical (unpaired) electrons. The Kier molecular flexibility index (Phi) is 5.28. The van der Waals surface area contributed by atoms with Crippen molar-refractivity contribution >= 4 is 11.7 Å². The Morgan fingerprint density at radius 3 is 3.06 bits per heavy atom. The number of anilines is 1. The van der Waals surface area contributed by atoms with E-state index in [0.717, 1.165) is 6.54 Å². The summed E-state index contributed by atoms with van der Waals surface area (Å²) in [6, 6.07) is 3.41. The highest BCUT2D eigenvalue weighted by atomic mass is 16.5. The largest absolute Gasteiger partial charge is 0.383 e. The molecule has 5 nitrogen and oxygen atoms in total. The second-order valence-corrected chi connectivity index (χ2v) is 3.21. The molecule has 1 heterocycles. The molecule has 0 aliphatic heterocycles. The summed E-state index contributed by atoms with van der Waals surface area (Å²) in [6.07, 6.45) is 1.61. The minimum atomic E-state index is -0.112. The summed E-state index contributed by atoms with van der Waals surface area (Å²) in [6.45, 7) is 3.78. The smallest absolute Gasteiger partial charge is 0.251 e. The van der Waals surface area contributed by atoms with E-state index in [1.54, 1.807) is 25.4 Å². The third-order valence-electron chi connectivity index (χ3n) is 1.97. The third kappa shape index (κ3) is 3.86. The summed E-state index contributed by atoms with van der Waals surface area (Å²) in [5, 5.41) is 5.80. The molecule has 88 valence electrons. The zero-order valence-corrected chi connectivity index (χ0v) is 9.62. The zero-order valence-electron chi connectivity index (χ0n) is 9.62. The van der Waals surface area contributed by atoms with Crippen molar-refractivity contribution in [3.63, 3.8) is 0 Å². The van der Waals surface area contributed by atoms with Crippen LogP contribution in [0.2, 0.25) is 0 Å². The van der Waals surface area contributed by atoms with Gasteiger partial charge in [0, 0.05) is 32.0 Å². The van der Waals surface area contributed by atoms with Crippen molar-refractivity contribution in [2.45, 2.75) is 6.92 Å². The Balaban J connectivity index is 2.57. The molecule has 16 heavy (non-hydrogen) atoms. The van der Waals surface area contributed by atoms with Gasteiger partial charge in [0.2, 0.25) is 0 Å². The number of methoxy groups -OCH3 is 1. The van der Waals surface area contributed by atoms with Gasteiger partial charge in [-0.15, -0.1) is 0 Å². The highest BCUT2D eigenvalue weighted by molar-refractivity contribution is 5.94. The molecule has 0 aromatic carbocycles. The minimum Gasteiger partial charge on any atom is -0.383 e. The first-order chi connectivity index (χ1) is 7.77. The lowest BCUT2D eigenvalue weighted by atomic mass is 10.2. The molecule has 1 amide bonds. The van der Waals surface area contributed by atoms with Gasteiger partial charge in [0.1, 0.15) is 5.82 Å². The van der Waals surface area contributed by atoms with Crippen LogP contribution in [0.4, 0.5) is 5.82 Å². The molecule has 0 unspecified atom stereocenters. The summed E-state index contributed by atoms with van der Waals surface area (Å²) in [7, 11) is 1.60. The molecular weight excluding hydrogens is 206 g/mol. The molecule has 1 aromatic rings. The Labute approximate surface area is 95.2 Å². The van der Waals surface area contributed by atoms with Gasteiger partial charge < -0.3 is 15.4 Å². The number of nitrogens with one attached hydrogen (secondary N) is 2. The van der Waals surface area contributed by atoms with Gasteiger partial charge in [-0.2, -0.15) is 0 Å². The van der Waals surface area contributed by atoms with E-state index in [2.05, 4.69) is 15.6 Å². The van der Waals surface area contributed by atoms with Crippen LogP contribution >= 0.6 is 0 Å². The molecule has 0 saturated carbocycles. The van der Waals surface area contributed by atoms with Gasteiger partial charge >= 0.3 is 0 Å². The van der Waals surface area contributed by atoms with E-state index in [9.17, 15) is 4.79 Å². The Bertz CT molecular complexity index is 342. The van der Waals surface area contributed by atoms with Gasteiger partial charge in [-0.3, -0.25) is 4.79 Å². The first kappa shape index (κ1) is 12.4. The van der Waals surface area contributed by atoms with Gasteiger partial charge in [0.05, 0.1) is 6.61 Å². The summed E-state index contributed by atoms with van der Waals surface area (Å²) in [5.74, 6) is 0.598. The van der Waals surface area contributed by atoms with Crippen LogP contribution in [-0.2, 0) is 4.74 Å². The van der Waals surface area contributed by atoms with Crippen molar-refractivity contribution in [2.24, 2.45) is 0 Å². The molecule has 1 aromatic heterocycles. The standard InChI is InChI=1S/C11H17N3O2/c1-3-12-10-8-9(4-5-13-10)11(15)14-6-7-16-2/h4-5,8H,3,6-7H2,1-2H3,(H,12,13)(H,14,15). The molecule has 0 atom stereocenters. The van der Waals surface area contributed by atoms with Gasteiger partial charge in [-0.05, 0) is 19.1 Å². The van der Waals surface area contributed by atoms with E-state index >= 15 is 0 Å². The molecule has 0 saturated heterocycles. The van der Waals surface area contributed by atoms with Crippen LogP contribution < -0.4 is 10.6 Å². The number of carbonyl (C=O) groups excluding carboxylic acids is 1. The normalized spacial score (nSPS) is 9.88. The number of aromatic nitrogens is 1. The Hall–Kier alpha value is -1.62. The average Bonchev–Trinajstić information content (AvgIpc) is 2.30. The van der Waals surface area contributed by atoms with Crippen LogP contribution in [0.25, 0.3) is 0 Å². The average molecular weight is 223 g/mol. The fourth-order valence-corrected chi connectivity index (χ4v) is 1.22. The minimum absolute atomic E-state index is 0.112. The lowest BCUT2D eigenvalue weighted by Crippen LogP contribution is -2.27. The van der Waals surface area contributed by atoms with Crippen LogP contribution in [0.1, 0.15) is 17.3 Å². The number of ether oxygens (including phenoxy) is 1. The number of rotatable bonds is 6. The second-order valence-electron chi connectivity index (χ2n) is 3.21. The summed E-state index contributed by atoms with van der Waals surface area (Å²) >= 11 is 0. The Morgan fingerprint density at radius 1 is 1.56 bits per heavy atom. The van der Waals surface area contributed by atoms with E-state index in [4.69, 9.17) is 4.74 Å². The molecule has 0 aliphatic rings. The van der Waals surface area contributed by atoms with Crippen LogP contribution in [0, 0.1) is 0 Å². The predicted molar refractivity (Wildman–Crippen MR) is 62.6 cm³/mol. The number of pyridine rings is 1. The van der Waals surface area contributed by atoms with E-state index in [1.165, 1.54) is 0 Å². The Morgan fingerprint density at radius 2 is 2.38 bits per heavy atom. The first-order valence-electron chi connectivity index (χ1n) is 5.25. The molecule has 0 aliphatic carbocycles. The molecule has 0 spiro atoms. The van der Waals surface area contributed by atoms with E-state index in [-0.39, 0.29) is 5.91 Å². The van der Waals surface area contributed by atoms with E-state index < -0.39 is 0 Å². The second kappa shape index (κ2) is 6.79. The van der Waals surface area contributed by atoms with Crippen molar-refractivity contribution in [3.8, 4) is 0 Å². The van der Waals surface area contributed by atoms with Gasteiger partial charge in [-0.1, -0.05) is 0 Å². The zero-order chi connectivity index (χ0) is 11.8. The van der Waals surface area contributed by atoms with Gasteiger partial charge in [0.15, 0.2) is 0 Å². The maximum absolute atomic E-state index is 11.7. The number of carbonyl (C=O) groups is 1. The highest BCUT2D eigenvalue weighted by Gasteiger charge is 2.05. The van der Waals surface area contributed by atoms with Crippen molar-refractivity contribution in [2.75, 3.05) is 32.1 Å². The lowest BCUT2D eigenvalue weighted by molar-refractivity contribution is 0.0937. The molecule has 0 fully saturated rings. The van der Waals surface area contributed by atoms with Crippen LogP contribution in [0.3, 0.4) is 0 Å².